The molecule has 0 fully saturated rings. The molecule has 5 nitrogen and oxygen atoms in total. The second kappa shape index (κ2) is 8.52. The maximum Gasteiger partial charge on any atom is 0.157 e. The lowest BCUT2D eigenvalue weighted by atomic mass is 9.88. The van der Waals surface area contributed by atoms with Gasteiger partial charge in [0, 0.05) is 24.7 Å². The first-order valence-corrected chi connectivity index (χ1v) is 8.64. The summed E-state index contributed by atoms with van der Waals surface area (Å²) in [6.07, 6.45) is 10.3. The van der Waals surface area contributed by atoms with Gasteiger partial charge in [-0.3, -0.25) is 4.79 Å². The Bertz CT molecular complexity index is 609. The van der Waals surface area contributed by atoms with Crippen LogP contribution >= 0.6 is 0 Å². The van der Waals surface area contributed by atoms with Crippen LogP contribution in [-0.2, 0) is 11.3 Å². The predicted molar refractivity (Wildman–Crippen MR) is 90.8 cm³/mol. The minimum atomic E-state index is 0.174. The minimum Gasteiger partial charge on any atom is -0.343 e. The third-order valence-corrected chi connectivity index (χ3v) is 4.24. The lowest BCUT2D eigenvalue weighted by Crippen LogP contribution is -2.19. The molecule has 0 bridgehead atoms. The van der Waals surface area contributed by atoms with Crippen LogP contribution in [0.5, 0.6) is 0 Å². The fourth-order valence-electron chi connectivity index (χ4n) is 3.11. The molecule has 124 valence electrons. The normalized spacial score (nSPS) is 17.7. The van der Waals surface area contributed by atoms with Crippen molar-refractivity contribution in [3.8, 4) is 6.07 Å². The van der Waals surface area contributed by atoms with E-state index in [1.807, 2.05) is 4.68 Å². The molecule has 1 atom stereocenters. The number of ketones is 1. The van der Waals surface area contributed by atoms with E-state index >= 15 is 0 Å². The summed E-state index contributed by atoms with van der Waals surface area (Å²) in [5.41, 5.74) is 1.45. The van der Waals surface area contributed by atoms with E-state index in [9.17, 15) is 10.1 Å². The third kappa shape index (κ3) is 4.69. The molecule has 0 amide bonds. The average Bonchev–Trinajstić information content (AvgIpc) is 2.89. The van der Waals surface area contributed by atoms with Gasteiger partial charge in [0.15, 0.2) is 5.78 Å². The number of nitrogens with zero attached hydrogens (tertiary/aromatic N) is 3. The van der Waals surface area contributed by atoms with E-state index in [1.165, 1.54) is 0 Å². The van der Waals surface area contributed by atoms with Crippen molar-refractivity contribution in [2.75, 3.05) is 5.32 Å². The van der Waals surface area contributed by atoms with Crippen molar-refractivity contribution in [2.45, 2.75) is 65.3 Å². The van der Waals surface area contributed by atoms with Crippen molar-refractivity contribution in [1.29, 1.82) is 5.26 Å². The molecule has 1 N–H and O–H groups in total. The van der Waals surface area contributed by atoms with Crippen LogP contribution in [0.3, 0.4) is 0 Å². The Morgan fingerprint density at radius 2 is 2.17 bits per heavy atom. The molecule has 0 spiro atoms. The second-order valence-corrected chi connectivity index (χ2v) is 6.27. The Morgan fingerprint density at radius 3 is 2.87 bits per heavy atom. The van der Waals surface area contributed by atoms with Crippen LogP contribution in [0.2, 0.25) is 0 Å². The van der Waals surface area contributed by atoms with Gasteiger partial charge in [-0.2, -0.15) is 10.4 Å². The van der Waals surface area contributed by atoms with Crippen molar-refractivity contribution in [3.63, 3.8) is 0 Å². The predicted octanol–water partition coefficient (Wildman–Crippen LogP) is 4.02. The quantitative estimate of drug-likeness (QED) is 0.736. The molecular weight excluding hydrogens is 288 g/mol. The van der Waals surface area contributed by atoms with Crippen molar-refractivity contribution in [1.82, 2.24) is 9.78 Å². The number of aryl methyl sites for hydroxylation is 1. The van der Waals surface area contributed by atoms with Crippen LogP contribution < -0.4 is 5.32 Å². The SMILES string of the molecule is CCCCCn1ncc(C#N)c1NC1=CC(=O)CC(CCC)C1. The van der Waals surface area contributed by atoms with Gasteiger partial charge in [-0.1, -0.05) is 33.1 Å². The number of hydrogen-bond donors (Lipinski definition) is 1. The van der Waals surface area contributed by atoms with Gasteiger partial charge < -0.3 is 5.32 Å². The van der Waals surface area contributed by atoms with E-state index in [1.54, 1.807) is 12.3 Å². The fraction of sp³-hybridized carbons (Fsp3) is 0.611. The number of unbranched alkanes of at least 4 members (excludes halogenated alkanes) is 2. The number of nitrogens with one attached hydrogen (secondary N) is 1. The highest BCUT2D eigenvalue weighted by atomic mass is 16.1. The molecule has 1 aliphatic rings. The zero-order chi connectivity index (χ0) is 16.7. The first-order chi connectivity index (χ1) is 11.2. The highest BCUT2D eigenvalue weighted by Crippen LogP contribution is 2.28. The molecule has 1 aromatic heterocycles. The molecule has 1 aliphatic carbocycles. The lowest BCUT2D eigenvalue weighted by molar-refractivity contribution is -0.116. The molecule has 5 heteroatoms. The number of carbonyl (C=O) groups is 1. The molecule has 1 unspecified atom stereocenters. The van der Waals surface area contributed by atoms with E-state index in [4.69, 9.17) is 0 Å². The zero-order valence-corrected chi connectivity index (χ0v) is 14.1. The summed E-state index contributed by atoms with van der Waals surface area (Å²) < 4.78 is 1.85. The van der Waals surface area contributed by atoms with Gasteiger partial charge in [0.25, 0.3) is 0 Å². The maximum absolute atomic E-state index is 11.9. The van der Waals surface area contributed by atoms with Gasteiger partial charge in [0.05, 0.1) is 6.20 Å². The summed E-state index contributed by atoms with van der Waals surface area (Å²) >= 11 is 0. The molecular formula is C18H26N4O. The van der Waals surface area contributed by atoms with Gasteiger partial charge in [0.1, 0.15) is 17.5 Å². The molecule has 0 saturated heterocycles. The maximum atomic E-state index is 11.9. The van der Waals surface area contributed by atoms with Gasteiger partial charge >= 0.3 is 0 Å². The van der Waals surface area contributed by atoms with Crippen LogP contribution in [0.15, 0.2) is 18.0 Å². The highest BCUT2D eigenvalue weighted by Gasteiger charge is 2.21. The summed E-state index contributed by atoms with van der Waals surface area (Å²) in [6.45, 7) is 5.10. The molecule has 0 saturated carbocycles. The number of carbonyl (C=O) groups excluding carboxylic acids is 1. The van der Waals surface area contributed by atoms with E-state index in [2.05, 4.69) is 30.3 Å². The molecule has 0 radical (unpaired) electrons. The number of anilines is 1. The first-order valence-electron chi connectivity index (χ1n) is 8.64. The number of hydrogen-bond acceptors (Lipinski definition) is 4. The van der Waals surface area contributed by atoms with Crippen molar-refractivity contribution >= 4 is 11.6 Å². The standard InChI is InChI=1S/C18H26N4O/c1-3-5-6-8-22-18(15(12-19)13-20-22)21-16-9-14(7-4-2)10-17(23)11-16/h11,13-14,21H,3-10H2,1-2H3. The summed E-state index contributed by atoms with van der Waals surface area (Å²) in [7, 11) is 0. The molecule has 1 aromatic rings. The average molecular weight is 314 g/mol. The number of aromatic nitrogens is 2. The Hall–Kier alpha value is -2.09. The smallest absolute Gasteiger partial charge is 0.157 e. The molecule has 2 rings (SSSR count). The van der Waals surface area contributed by atoms with E-state index < -0.39 is 0 Å². The minimum absolute atomic E-state index is 0.174. The zero-order valence-electron chi connectivity index (χ0n) is 14.1. The van der Waals surface area contributed by atoms with Crippen LogP contribution in [-0.4, -0.2) is 15.6 Å². The van der Waals surface area contributed by atoms with E-state index in [-0.39, 0.29) is 5.78 Å². The molecule has 0 aromatic carbocycles. The Balaban J connectivity index is 2.13. The van der Waals surface area contributed by atoms with Crippen LogP contribution in [0, 0.1) is 17.2 Å². The number of allylic oxidation sites excluding steroid dienone is 2. The van der Waals surface area contributed by atoms with Crippen molar-refractivity contribution < 1.29 is 4.79 Å². The summed E-state index contributed by atoms with van der Waals surface area (Å²) in [5.74, 6) is 1.30. The van der Waals surface area contributed by atoms with E-state index in [0.29, 0.717) is 17.9 Å². The number of nitriles is 1. The highest BCUT2D eigenvalue weighted by molar-refractivity contribution is 5.92. The van der Waals surface area contributed by atoms with E-state index in [0.717, 1.165) is 56.6 Å². The van der Waals surface area contributed by atoms with Crippen LogP contribution in [0.1, 0.15) is 64.4 Å². The summed E-state index contributed by atoms with van der Waals surface area (Å²) in [6, 6.07) is 2.19. The second-order valence-electron chi connectivity index (χ2n) is 6.27. The Kier molecular flexibility index (Phi) is 6.40. The largest absolute Gasteiger partial charge is 0.343 e. The summed E-state index contributed by atoms with van der Waals surface area (Å²) in [4.78, 5) is 11.9. The third-order valence-electron chi connectivity index (χ3n) is 4.24. The molecule has 23 heavy (non-hydrogen) atoms. The molecule has 1 heterocycles. The van der Waals surface area contributed by atoms with Crippen LogP contribution in [0.4, 0.5) is 5.82 Å². The fourth-order valence-corrected chi connectivity index (χ4v) is 3.11. The first kappa shape index (κ1) is 17.3. The molecule has 0 aliphatic heterocycles. The van der Waals surface area contributed by atoms with Gasteiger partial charge in [-0.25, -0.2) is 4.68 Å². The van der Waals surface area contributed by atoms with Gasteiger partial charge in [0.2, 0.25) is 0 Å². The summed E-state index contributed by atoms with van der Waals surface area (Å²) in [5, 5.41) is 16.9. The lowest BCUT2D eigenvalue weighted by Gasteiger charge is -2.23. The van der Waals surface area contributed by atoms with Gasteiger partial charge in [-0.05, 0) is 25.2 Å². The Morgan fingerprint density at radius 1 is 1.35 bits per heavy atom. The topological polar surface area (TPSA) is 70.7 Å². The Labute approximate surface area is 138 Å². The van der Waals surface area contributed by atoms with Crippen molar-refractivity contribution in [2.24, 2.45) is 5.92 Å². The monoisotopic (exact) mass is 314 g/mol. The van der Waals surface area contributed by atoms with Crippen molar-refractivity contribution in [3.05, 3.63) is 23.5 Å². The van der Waals surface area contributed by atoms with Gasteiger partial charge in [-0.15, -0.1) is 0 Å². The number of rotatable bonds is 8. The van der Waals surface area contributed by atoms with Crippen LogP contribution in [0.25, 0.3) is 0 Å².